The van der Waals surface area contributed by atoms with Crippen LogP contribution in [0.1, 0.15) is 46.0 Å². The zero-order valence-corrected chi connectivity index (χ0v) is 9.40. The van der Waals surface area contributed by atoms with E-state index in [-0.39, 0.29) is 0 Å². The Morgan fingerprint density at radius 1 is 1.31 bits per heavy atom. The van der Waals surface area contributed by atoms with Gasteiger partial charge in [-0.15, -0.1) is 5.73 Å². The first-order valence-corrected chi connectivity index (χ1v) is 5.74. The smallest absolute Gasteiger partial charge is 0.0462 e. The highest BCUT2D eigenvalue weighted by molar-refractivity contribution is 6.25. The minimum Gasteiger partial charge on any atom is -0.109 e. The monoisotopic (exact) mass is 198 g/mol. The third-order valence-corrected chi connectivity index (χ3v) is 3.00. The van der Waals surface area contributed by atoms with E-state index in [9.17, 15) is 0 Å². The van der Waals surface area contributed by atoms with Crippen LogP contribution >= 0.6 is 11.6 Å². The van der Waals surface area contributed by atoms with Gasteiger partial charge in [-0.25, -0.2) is 0 Å². The van der Waals surface area contributed by atoms with Crippen molar-refractivity contribution in [2.24, 2.45) is 11.8 Å². The first-order valence-electron chi connectivity index (χ1n) is 5.31. The molecule has 13 heavy (non-hydrogen) atoms. The SMILES string of the molecule is CC(C)C(=C=CCl)C1CCCCC1. The van der Waals surface area contributed by atoms with Gasteiger partial charge in [-0.3, -0.25) is 0 Å². The quantitative estimate of drug-likeness (QED) is 0.574. The maximum absolute atomic E-state index is 5.60. The van der Waals surface area contributed by atoms with Gasteiger partial charge in [0.05, 0.1) is 0 Å². The molecule has 0 N–H and O–H groups in total. The fourth-order valence-corrected chi connectivity index (χ4v) is 2.36. The Balaban J connectivity index is 2.69. The molecule has 0 aliphatic heterocycles. The molecule has 0 unspecified atom stereocenters. The van der Waals surface area contributed by atoms with Gasteiger partial charge in [-0.1, -0.05) is 44.7 Å². The highest BCUT2D eigenvalue weighted by Crippen LogP contribution is 2.32. The third kappa shape index (κ3) is 3.21. The van der Waals surface area contributed by atoms with Crippen LogP contribution in [0.2, 0.25) is 0 Å². The summed E-state index contributed by atoms with van der Waals surface area (Å²) in [6, 6.07) is 0. The number of halogens is 1. The molecule has 0 saturated heterocycles. The molecule has 0 nitrogen and oxygen atoms in total. The van der Waals surface area contributed by atoms with Crippen molar-refractivity contribution >= 4 is 11.6 Å². The van der Waals surface area contributed by atoms with E-state index in [4.69, 9.17) is 11.6 Å². The molecular formula is C12H19Cl. The molecule has 0 heterocycles. The van der Waals surface area contributed by atoms with E-state index >= 15 is 0 Å². The lowest BCUT2D eigenvalue weighted by Crippen LogP contribution is -2.12. The molecule has 0 atom stereocenters. The van der Waals surface area contributed by atoms with Crippen LogP contribution in [-0.2, 0) is 0 Å². The highest BCUT2D eigenvalue weighted by atomic mass is 35.5. The summed E-state index contributed by atoms with van der Waals surface area (Å²) in [4.78, 5) is 0. The Labute approximate surface area is 86.7 Å². The van der Waals surface area contributed by atoms with Crippen molar-refractivity contribution in [3.8, 4) is 0 Å². The molecule has 1 aliphatic carbocycles. The summed E-state index contributed by atoms with van der Waals surface area (Å²) >= 11 is 5.60. The number of allylic oxidation sites excluding steroid dienone is 1. The maximum Gasteiger partial charge on any atom is 0.0462 e. The van der Waals surface area contributed by atoms with E-state index in [0.29, 0.717) is 5.92 Å². The molecular weight excluding hydrogens is 180 g/mol. The molecule has 1 fully saturated rings. The van der Waals surface area contributed by atoms with Crippen molar-refractivity contribution in [3.05, 3.63) is 16.8 Å². The molecule has 0 radical (unpaired) electrons. The summed E-state index contributed by atoms with van der Waals surface area (Å²) in [5.74, 6) is 1.35. The molecule has 0 bridgehead atoms. The molecule has 74 valence electrons. The second-order valence-corrected chi connectivity index (χ2v) is 4.42. The van der Waals surface area contributed by atoms with Crippen LogP contribution in [-0.4, -0.2) is 0 Å². The zero-order chi connectivity index (χ0) is 9.68. The van der Waals surface area contributed by atoms with Crippen LogP contribution in [0, 0.1) is 11.8 Å². The van der Waals surface area contributed by atoms with Gasteiger partial charge >= 0.3 is 0 Å². The molecule has 1 heteroatoms. The van der Waals surface area contributed by atoms with Crippen LogP contribution in [0.3, 0.4) is 0 Å². The number of hydrogen-bond acceptors (Lipinski definition) is 0. The predicted octanol–water partition coefficient (Wildman–Crippen LogP) is 4.50. The molecule has 1 aliphatic rings. The van der Waals surface area contributed by atoms with E-state index in [1.807, 2.05) is 0 Å². The summed E-state index contributed by atoms with van der Waals surface area (Å²) in [5.41, 5.74) is 6.18. The lowest BCUT2D eigenvalue weighted by atomic mass is 9.80. The first kappa shape index (κ1) is 10.9. The van der Waals surface area contributed by atoms with Crippen LogP contribution in [0.5, 0.6) is 0 Å². The molecule has 0 amide bonds. The molecule has 0 aromatic rings. The van der Waals surface area contributed by atoms with Crippen LogP contribution in [0.4, 0.5) is 0 Å². The average Bonchev–Trinajstić information content (AvgIpc) is 2.15. The molecule has 1 rings (SSSR count). The van der Waals surface area contributed by atoms with Crippen molar-refractivity contribution in [1.82, 2.24) is 0 Å². The second kappa shape index (κ2) is 5.52. The standard InChI is InChI=1S/C12H19Cl/c1-10(2)12(8-9-13)11-6-4-3-5-7-11/h9-11H,3-7H2,1-2H3. The summed E-state index contributed by atoms with van der Waals surface area (Å²) in [6.45, 7) is 4.47. The molecule has 0 aromatic heterocycles. The Morgan fingerprint density at radius 3 is 2.38 bits per heavy atom. The van der Waals surface area contributed by atoms with Gasteiger partial charge in [0, 0.05) is 5.54 Å². The van der Waals surface area contributed by atoms with Gasteiger partial charge in [-0.05, 0) is 30.3 Å². The minimum atomic E-state index is 0.595. The van der Waals surface area contributed by atoms with E-state index < -0.39 is 0 Å². The zero-order valence-electron chi connectivity index (χ0n) is 8.65. The fraction of sp³-hybridized carbons (Fsp3) is 0.750. The van der Waals surface area contributed by atoms with E-state index in [1.54, 1.807) is 5.54 Å². The van der Waals surface area contributed by atoms with E-state index in [0.717, 1.165) is 5.92 Å². The summed E-state index contributed by atoms with van der Waals surface area (Å²) < 4.78 is 0. The van der Waals surface area contributed by atoms with Gasteiger partial charge < -0.3 is 0 Å². The molecule has 0 aromatic carbocycles. The normalized spacial score (nSPS) is 18.5. The van der Waals surface area contributed by atoms with Crippen LogP contribution in [0.25, 0.3) is 0 Å². The van der Waals surface area contributed by atoms with Gasteiger partial charge in [0.1, 0.15) is 0 Å². The number of hydrogen-bond donors (Lipinski definition) is 0. The van der Waals surface area contributed by atoms with E-state index in [1.165, 1.54) is 37.7 Å². The van der Waals surface area contributed by atoms with Crippen molar-refractivity contribution in [1.29, 1.82) is 0 Å². The fourth-order valence-electron chi connectivity index (χ4n) is 2.23. The van der Waals surface area contributed by atoms with Crippen molar-refractivity contribution < 1.29 is 0 Å². The first-order chi connectivity index (χ1) is 6.25. The lowest BCUT2D eigenvalue weighted by Gasteiger charge is -2.25. The largest absolute Gasteiger partial charge is 0.109 e. The van der Waals surface area contributed by atoms with Crippen molar-refractivity contribution in [2.45, 2.75) is 46.0 Å². The van der Waals surface area contributed by atoms with Crippen molar-refractivity contribution in [2.75, 3.05) is 0 Å². The van der Waals surface area contributed by atoms with Gasteiger partial charge in [0.2, 0.25) is 0 Å². The minimum absolute atomic E-state index is 0.595. The summed E-state index contributed by atoms with van der Waals surface area (Å²) in [5, 5.41) is 0. The lowest BCUT2D eigenvalue weighted by molar-refractivity contribution is 0.382. The van der Waals surface area contributed by atoms with Gasteiger partial charge in [0.25, 0.3) is 0 Å². The summed E-state index contributed by atoms with van der Waals surface area (Å²) in [7, 11) is 0. The average molecular weight is 199 g/mol. The Hall–Kier alpha value is -0.190. The topological polar surface area (TPSA) is 0 Å². The van der Waals surface area contributed by atoms with Crippen LogP contribution in [0.15, 0.2) is 16.8 Å². The second-order valence-electron chi connectivity index (χ2n) is 4.20. The Morgan fingerprint density at radius 2 is 1.92 bits per heavy atom. The van der Waals surface area contributed by atoms with Crippen LogP contribution < -0.4 is 0 Å². The molecule has 1 saturated carbocycles. The van der Waals surface area contributed by atoms with Gasteiger partial charge in [-0.2, -0.15) is 0 Å². The summed E-state index contributed by atoms with van der Waals surface area (Å²) in [6.07, 6.45) is 6.85. The molecule has 0 spiro atoms. The van der Waals surface area contributed by atoms with Crippen molar-refractivity contribution in [3.63, 3.8) is 0 Å². The highest BCUT2D eigenvalue weighted by Gasteiger charge is 2.19. The number of rotatable bonds is 2. The third-order valence-electron chi connectivity index (χ3n) is 2.89. The Kier molecular flexibility index (Phi) is 4.62. The Bertz CT molecular complexity index is 203. The maximum atomic E-state index is 5.60. The van der Waals surface area contributed by atoms with E-state index in [2.05, 4.69) is 19.6 Å². The predicted molar refractivity (Wildman–Crippen MR) is 58.9 cm³/mol. The van der Waals surface area contributed by atoms with Gasteiger partial charge in [0.15, 0.2) is 0 Å².